The maximum Gasteiger partial charge on any atom is 0.234 e. The number of piperidine rings is 1. The highest BCUT2D eigenvalue weighted by Gasteiger charge is 2.71. The zero-order valence-electron chi connectivity index (χ0n) is 5.99. The minimum Gasteiger partial charge on any atom is -0.294 e. The Balaban J connectivity index is 1.88. The summed E-state index contributed by atoms with van der Waals surface area (Å²) < 4.78 is 21.5. The quantitative estimate of drug-likeness (QED) is 0.477. The second-order valence-corrected chi connectivity index (χ2v) is 6.11. The Bertz CT molecular complexity index is 249. The van der Waals surface area contributed by atoms with E-state index in [1.165, 1.54) is 12.6 Å². The van der Waals surface area contributed by atoms with Crippen LogP contribution in [0.15, 0.2) is 0 Å². The van der Waals surface area contributed by atoms with Crippen LogP contribution in [-0.4, -0.2) is 37.5 Å². The van der Waals surface area contributed by atoms with Crippen molar-refractivity contribution in [2.24, 2.45) is 5.41 Å². The third-order valence-corrected chi connectivity index (χ3v) is 6.28. The summed E-state index contributed by atoms with van der Waals surface area (Å²) in [5.74, 6) is 0. The van der Waals surface area contributed by atoms with Crippen molar-refractivity contribution in [2.75, 3.05) is 12.7 Å². The second-order valence-electron chi connectivity index (χ2n) is 3.72. The summed E-state index contributed by atoms with van der Waals surface area (Å²) in [6, 6.07) is 0.472. The third-order valence-electron chi connectivity index (χ3n) is 3.36. The normalized spacial score (nSPS) is 58.3. The van der Waals surface area contributed by atoms with Gasteiger partial charge in [0.2, 0.25) is 11.3 Å². The van der Waals surface area contributed by atoms with Gasteiger partial charge in [-0.05, 0) is 23.7 Å². The van der Waals surface area contributed by atoms with Gasteiger partial charge in [0, 0.05) is 12.6 Å². The minimum absolute atomic E-state index is 0.472. The van der Waals surface area contributed by atoms with Crippen LogP contribution < -0.4 is 0 Å². The van der Waals surface area contributed by atoms with E-state index < -0.39 is 11.3 Å². The van der Waals surface area contributed by atoms with Crippen molar-refractivity contribution in [3.63, 3.8) is 0 Å². The van der Waals surface area contributed by atoms with E-state index in [0.717, 1.165) is 20.8 Å². The molecule has 0 aromatic rings. The van der Waals surface area contributed by atoms with E-state index >= 15 is 0 Å². The summed E-state index contributed by atoms with van der Waals surface area (Å²) in [7, 11) is 1.06. The van der Waals surface area contributed by atoms with Gasteiger partial charge < -0.3 is 0 Å². The minimum atomic E-state index is -1.70. The SMILES string of the molecule is O=S(O)N1CC2PCC23CC13. The van der Waals surface area contributed by atoms with Crippen LogP contribution in [0.3, 0.4) is 0 Å². The van der Waals surface area contributed by atoms with Gasteiger partial charge in [-0.1, -0.05) is 0 Å². The average molecular weight is 191 g/mol. The van der Waals surface area contributed by atoms with E-state index in [1.54, 1.807) is 4.31 Å². The van der Waals surface area contributed by atoms with Gasteiger partial charge in [0.05, 0.1) is 0 Å². The van der Waals surface area contributed by atoms with Crippen molar-refractivity contribution in [2.45, 2.75) is 18.1 Å². The molecule has 5 atom stereocenters. The van der Waals surface area contributed by atoms with Crippen molar-refractivity contribution < 1.29 is 8.76 Å². The first-order valence-corrected chi connectivity index (χ1v) is 6.20. The van der Waals surface area contributed by atoms with E-state index in [0.29, 0.717) is 11.5 Å². The molecule has 0 aromatic heterocycles. The lowest BCUT2D eigenvalue weighted by Crippen LogP contribution is -2.32. The van der Waals surface area contributed by atoms with Crippen LogP contribution in [0.5, 0.6) is 0 Å². The van der Waals surface area contributed by atoms with Crippen molar-refractivity contribution in [1.29, 1.82) is 0 Å². The van der Waals surface area contributed by atoms with Crippen molar-refractivity contribution >= 4 is 19.8 Å². The predicted molar refractivity (Wildman–Crippen MR) is 45.3 cm³/mol. The first kappa shape index (κ1) is 6.96. The molecule has 3 nitrogen and oxygen atoms in total. The van der Waals surface area contributed by atoms with E-state index in [1.807, 2.05) is 0 Å². The van der Waals surface area contributed by atoms with Crippen LogP contribution >= 0.6 is 8.58 Å². The van der Waals surface area contributed by atoms with Crippen molar-refractivity contribution in [1.82, 2.24) is 4.31 Å². The van der Waals surface area contributed by atoms with Gasteiger partial charge in [0.1, 0.15) is 0 Å². The highest BCUT2D eigenvalue weighted by atomic mass is 32.2. The molecule has 5 unspecified atom stereocenters. The zero-order chi connectivity index (χ0) is 7.64. The molecule has 62 valence electrons. The molecule has 3 aliphatic rings. The molecule has 0 radical (unpaired) electrons. The van der Waals surface area contributed by atoms with Crippen LogP contribution in [0.2, 0.25) is 0 Å². The van der Waals surface area contributed by atoms with Gasteiger partial charge in [-0.25, -0.2) is 4.21 Å². The van der Waals surface area contributed by atoms with E-state index in [2.05, 4.69) is 0 Å². The molecule has 3 rings (SSSR count). The fourth-order valence-electron chi connectivity index (χ4n) is 2.49. The maximum absolute atomic E-state index is 10.8. The lowest BCUT2D eigenvalue weighted by molar-refractivity contribution is 0.425. The number of hydrogen-bond acceptors (Lipinski definition) is 1. The molecule has 1 aliphatic carbocycles. The standard InChI is InChI=1S/C6H10NO2PS/c8-11(9)7-2-5-6(3-10-5)1-4(6)7/h4-5,10H,1-3H2,(H,8,9). The summed E-state index contributed by atoms with van der Waals surface area (Å²) in [5.41, 5.74) is 1.32. The first-order chi connectivity index (χ1) is 5.24. The summed E-state index contributed by atoms with van der Waals surface area (Å²) in [6.07, 6.45) is 2.52. The molecule has 5 heteroatoms. The Kier molecular flexibility index (Phi) is 1.18. The number of hydrogen-bond donors (Lipinski definition) is 1. The molecule has 3 fully saturated rings. The van der Waals surface area contributed by atoms with Crippen molar-refractivity contribution in [3.8, 4) is 0 Å². The van der Waals surface area contributed by atoms with Crippen LogP contribution in [0.1, 0.15) is 6.42 Å². The Labute approximate surface area is 69.7 Å². The fraction of sp³-hybridized carbons (Fsp3) is 1.00. The van der Waals surface area contributed by atoms with Crippen molar-refractivity contribution in [3.05, 3.63) is 0 Å². The van der Waals surface area contributed by atoms with E-state index in [9.17, 15) is 4.21 Å². The fourth-order valence-corrected chi connectivity index (χ4v) is 5.43. The van der Waals surface area contributed by atoms with Gasteiger partial charge in [0.15, 0.2) is 0 Å². The van der Waals surface area contributed by atoms with Gasteiger partial charge in [-0.3, -0.25) is 4.55 Å². The Morgan fingerprint density at radius 2 is 2.55 bits per heavy atom. The second kappa shape index (κ2) is 1.87. The van der Waals surface area contributed by atoms with Gasteiger partial charge in [0.25, 0.3) is 0 Å². The molecule has 11 heavy (non-hydrogen) atoms. The van der Waals surface area contributed by atoms with E-state index in [-0.39, 0.29) is 0 Å². The number of nitrogens with zero attached hydrogens (tertiary/aromatic N) is 1. The third kappa shape index (κ3) is 0.676. The maximum atomic E-state index is 10.8. The molecule has 1 saturated carbocycles. The summed E-state index contributed by atoms with van der Waals surface area (Å²) in [4.78, 5) is 0. The van der Waals surface area contributed by atoms with E-state index in [4.69, 9.17) is 4.55 Å². The zero-order valence-corrected chi connectivity index (χ0v) is 7.80. The van der Waals surface area contributed by atoms with Crippen LogP contribution in [0.25, 0.3) is 0 Å². The highest BCUT2D eigenvalue weighted by Crippen LogP contribution is 2.71. The van der Waals surface area contributed by atoms with Crippen LogP contribution in [-0.2, 0) is 11.3 Å². The van der Waals surface area contributed by atoms with Crippen LogP contribution in [0, 0.1) is 5.41 Å². The molecular formula is C6H10NO2PS. The molecular weight excluding hydrogens is 181 g/mol. The Morgan fingerprint density at radius 1 is 1.73 bits per heavy atom. The topological polar surface area (TPSA) is 40.5 Å². The van der Waals surface area contributed by atoms with Crippen LogP contribution in [0.4, 0.5) is 0 Å². The van der Waals surface area contributed by atoms with Gasteiger partial charge >= 0.3 is 0 Å². The molecule has 2 heterocycles. The molecule has 0 bridgehead atoms. The van der Waals surface area contributed by atoms with Gasteiger partial charge in [-0.15, -0.1) is 8.58 Å². The summed E-state index contributed by atoms with van der Waals surface area (Å²) in [6.45, 7) is 0.881. The molecule has 0 aromatic carbocycles. The Morgan fingerprint density at radius 3 is 2.82 bits per heavy atom. The lowest BCUT2D eigenvalue weighted by atomic mass is 10.1. The smallest absolute Gasteiger partial charge is 0.234 e. The molecule has 1 spiro atoms. The molecule has 2 aliphatic heterocycles. The largest absolute Gasteiger partial charge is 0.294 e. The summed E-state index contributed by atoms with van der Waals surface area (Å²) >= 11 is -1.70. The first-order valence-electron chi connectivity index (χ1n) is 3.85. The highest BCUT2D eigenvalue weighted by molar-refractivity contribution is 7.76. The lowest BCUT2D eigenvalue weighted by Gasteiger charge is -2.32. The van der Waals surface area contributed by atoms with Gasteiger partial charge in [-0.2, -0.15) is 4.31 Å². The average Bonchev–Trinajstić information content (AvgIpc) is 2.58. The Hall–Kier alpha value is 0.500. The molecule has 1 N–H and O–H groups in total. The molecule has 0 amide bonds. The monoisotopic (exact) mass is 191 g/mol. The number of rotatable bonds is 1. The predicted octanol–water partition coefficient (Wildman–Crippen LogP) is 0.258. The summed E-state index contributed by atoms with van der Waals surface area (Å²) in [5, 5.41) is 0. The molecule has 2 saturated heterocycles.